The van der Waals surface area contributed by atoms with Crippen molar-refractivity contribution in [1.29, 1.82) is 0 Å². The summed E-state index contributed by atoms with van der Waals surface area (Å²) in [6.07, 6.45) is 2.76. The summed E-state index contributed by atoms with van der Waals surface area (Å²) in [6.45, 7) is 5.06. The summed E-state index contributed by atoms with van der Waals surface area (Å²) < 4.78 is 22.1. The molecule has 8 heteroatoms. The first-order valence-corrected chi connectivity index (χ1v) is 9.69. The number of aromatic nitrogens is 1. The second-order valence-electron chi connectivity index (χ2n) is 6.93. The van der Waals surface area contributed by atoms with Gasteiger partial charge >= 0.3 is 0 Å². The maximum absolute atomic E-state index is 13.0. The van der Waals surface area contributed by atoms with Crippen molar-refractivity contribution in [2.75, 3.05) is 33.5 Å². The minimum atomic E-state index is -0.198. The lowest BCUT2D eigenvalue weighted by Crippen LogP contribution is -2.16. The van der Waals surface area contributed by atoms with Gasteiger partial charge in [-0.05, 0) is 49.7 Å². The average molecular weight is 433 g/mol. The molecule has 0 saturated heterocycles. The molecule has 0 unspecified atom stereocenters. The minimum absolute atomic E-state index is 0. The van der Waals surface area contributed by atoms with Crippen molar-refractivity contribution in [1.82, 2.24) is 10.3 Å². The largest absolute Gasteiger partial charge is 0.486 e. The fraction of sp³-hybridized carbons (Fsp3) is 0.364. The number of pyridine rings is 1. The van der Waals surface area contributed by atoms with Crippen molar-refractivity contribution in [2.24, 2.45) is 0 Å². The normalized spacial score (nSPS) is 12.6. The molecule has 0 atom stereocenters. The van der Waals surface area contributed by atoms with Crippen LogP contribution in [-0.4, -0.2) is 44.2 Å². The van der Waals surface area contributed by atoms with Crippen LogP contribution in [0, 0.1) is 6.92 Å². The monoisotopic (exact) mass is 432 g/mol. The Bertz CT molecular complexity index is 1030. The number of rotatable bonds is 8. The Morgan fingerprint density at radius 1 is 1.20 bits per heavy atom. The van der Waals surface area contributed by atoms with Crippen LogP contribution in [0.25, 0.3) is 11.0 Å². The first-order valence-electron chi connectivity index (χ1n) is 9.69. The molecule has 0 saturated carbocycles. The minimum Gasteiger partial charge on any atom is -0.486 e. The van der Waals surface area contributed by atoms with Crippen molar-refractivity contribution in [3.8, 4) is 11.5 Å². The molecule has 160 valence electrons. The van der Waals surface area contributed by atoms with Crippen molar-refractivity contribution >= 4 is 29.2 Å². The highest BCUT2D eigenvalue weighted by Crippen LogP contribution is 2.32. The number of methoxy groups -OCH3 is 1. The summed E-state index contributed by atoms with van der Waals surface area (Å²) in [7, 11) is 1.69. The molecule has 30 heavy (non-hydrogen) atoms. The predicted molar refractivity (Wildman–Crippen MR) is 115 cm³/mol. The molecule has 1 N–H and O–H groups in total. The van der Waals surface area contributed by atoms with E-state index in [1.165, 1.54) is 0 Å². The number of nitrogens with zero attached hydrogens (tertiary/aromatic N) is 1. The number of ether oxygens (including phenoxy) is 3. The van der Waals surface area contributed by atoms with E-state index in [9.17, 15) is 4.79 Å². The van der Waals surface area contributed by atoms with E-state index in [-0.39, 0.29) is 24.0 Å². The van der Waals surface area contributed by atoms with Gasteiger partial charge in [-0.1, -0.05) is 0 Å². The Morgan fingerprint density at radius 2 is 2.00 bits per heavy atom. The summed E-state index contributed by atoms with van der Waals surface area (Å²) >= 11 is 0. The van der Waals surface area contributed by atoms with Gasteiger partial charge in [0.15, 0.2) is 22.8 Å². The maximum Gasteiger partial charge on any atom is 0.228 e. The SMILES string of the molecule is COCCCNCc1cnc(C)c2oc(C(=O)c3ccc4c(c3)OCCO4)cc12.Cl. The first-order chi connectivity index (χ1) is 14.2. The molecule has 0 aliphatic carbocycles. The zero-order valence-electron chi connectivity index (χ0n) is 17.0. The third-order valence-electron chi connectivity index (χ3n) is 4.87. The van der Waals surface area contributed by atoms with Crippen molar-refractivity contribution < 1.29 is 23.4 Å². The smallest absolute Gasteiger partial charge is 0.228 e. The Kier molecular flexibility index (Phi) is 7.31. The van der Waals surface area contributed by atoms with E-state index in [1.807, 2.05) is 13.1 Å². The van der Waals surface area contributed by atoms with Gasteiger partial charge in [0, 0.05) is 37.4 Å². The van der Waals surface area contributed by atoms with Gasteiger partial charge in [0.05, 0.1) is 5.69 Å². The van der Waals surface area contributed by atoms with Gasteiger partial charge in [0.25, 0.3) is 0 Å². The molecule has 0 radical (unpaired) electrons. The number of halogens is 1. The van der Waals surface area contributed by atoms with Crippen LogP contribution in [-0.2, 0) is 11.3 Å². The third kappa shape index (κ3) is 4.59. The van der Waals surface area contributed by atoms with E-state index in [2.05, 4.69) is 10.3 Å². The lowest BCUT2D eigenvalue weighted by Gasteiger charge is -2.18. The highest BCUT2D eigenvalue weighted by atomic mass is 35.5. The zero-order chi connectivity index (χ0) is 20.2. The number of nitrogens with one attached hydrogen (secondary N) is 1. The molecular formula is C22H25ClN2O5. The Morgan fingerprint density at radius 3 is 2.80 bits per heavy atom. The van der Waals surface area contributed by atoms with E-state index < -0.39 is 0 Å². The molecule has 7 nitrogen and oxygen atoms in total. The number of hydrogen-bond acceptors (Lipinski definition) is 7. The predicted octanol–water partition coefficient (Wildman–Crippen LogP) is 3.69. The quantitative estimate of drug-likeness (QED) is 0.429. The number of carbonyl (C=O) groups is 1. The van der Waals surface area contributed by atoms with Crippen LogP contribution < -0.4 is 14.8 Å². The van der Waals surface area contributed by atoms with E-state index in [1.54, 1.807) is 31.4 Å². The van der Waals surface area contributed by atoms with E-state index in [4.69, 9.17) is 18.6 Å². The Balaban J connectivity index is 0.00000256. The van der Waals surface area contributed by atoms with Crippen molar-refractivity contribution in [2.45, 2.75) is 19.9 Å². The van der Waals surface area contributed by atoms with Gasteiger partial charge in [-0.3, -0.25) is 9.78 Å². The van der Waals surface area contributed by atoms with Gasteiger partial charge < -0.3 is 23.9 Å². The van der Waals surface area contributed by atoms with E-state index in [0.29, 0.717) is 49.0 Å². The molecule has 0 fully saturated rings. The lowest BCUT2D eigenvalue weighted by atomic mass is 10.1. The topological polar surface area (TPSA) is 82.8 Å². The number of fused-ring (bicyclic) bond motifs is 2. The standard InChI is InChI=1S/C22H24N2O5.ClH/c1-14-22-17(16(13-24-14)12-23-6-3-7-26-2)11-20(29-22)21(25)15-4-5-18-19(10-15)28-9-8-27-18;/h4-5,10-11,13,23H,3,6-9,12H2,1-2H3;1H. The van der Waals surface area contributed by atoms with Crippen LogP contribution in [0.2, 0.25) is 0 Å². The lowest BCUT2D eigenvalue weighted by molar-refractivity contribution is 0.101. The summed E-state index contributed by atoms with van der Waals surface area (Å²) in [5.74, 6) is 1.32. The number of benzene rings is 1. The van der Waals surface area contributed by atoms with Gasteiger partial charge in [0.1, 0.15) is 13.2 Å². The first kappa shape index (κ1) is 22.1. The van der Waals surface area contributed by atoms with Crippen molar-refractivity contribution in [3.05, 3.63) is 53.0 Å². The van der Waals surface area contributed by atoms with E-state index in [0.717, 1.165) is 29.6 Å². The van der Waals surface area contributed by atoms with Crippen LogP contribution in [0.4, 0.5) is 0 Å². The van der Waals surface area contributed by atoms with Crippen LogP contribution in [0.3, 0.4) is 0 Å². The second-order valence-corrected chi connectivity index (χ2v) is 6.93. The molecule has 1 aliphatic rings. The zero-order valence-corrected chi connectivity index (χ0v) is 17.8. The van der Waals surface area contributed by atoms with Gasteiger partial charge in [-0.15, -0.1) is 12.4 Å². The molecule has 1 aromatic carbocycles. The third-order valence-corrected chi connectivity index (χ3v) is 4.87. The van der Waals surface area contributed by atoms with Crippen LogP contribution >= 0.6 is 12.4 Å². The summed E-state index contributed by atoms with van der Waals surface area (Å²) in [5.41, 5.74) is 2.89. The molecule has 3 aromatic rings. The number of carbonyl (C=O) groups excluding carboxylic acids is 1. The van der Waals surface area contributed by atoms with Crippen molar-refractivity contribution in [3.63, 3.8) is 0 Å². The average Bonchev–Trinajstić information content (AvgIpc) is 3.21. The molecule has 2 aromatic heterocycles. The van der Waals surface area contributed by atoms with Crippen LogP contribution in [0.15, 0.2) is 34.9 Å². The highest BCUT2D eigenvalue weighted by molar-refractivity contribution is 6.09. The molecule has 4 rings (SSSR count). The number of furan rings is 1. The Labute approximate surface area is 181 Å². The fourth-order valence-corrected chi connectivity index (χ4v) is 3.35. The van der Waals surface area contributed by atoms with Gasteiger partial charge in [-0.25, -0.2) is 0 Å². The molecule has 0 spiro atoms. The number of aryl methyl sites for hydroxylation is 1. The molecule has 0 bridgehead atoms. The molecule has 0 amide bonds. The van der Waals surface area contributed by atoms with Crippen LogP contribution in [0.1, 0.15) is 33.8 Å². The molecule has 3 heterocycles. The van der Waals surface area contributed by atoms with Gasteiger partial charge in [-0.2, -0.15) is 0 Å². The highest BCUT2D eigenvalue weighted by Gasteiger charge is 2.20. The molecule has 1 aliphatic heterocycles. The van der Waals surface area contributed by atoms with Gasteiger partial charge in [0.2, 0.25) is 5.78 Å². The van der Waals surface area contributed by atoms with Crippen LogP contribution in [0.5, 0.6) is 11.5 Å². The summed E-state index contributed by atoms with van der Waals surface area (Å²) in [4.78, 5) is 17.4. The summed E-state index contributed by atoms with van der Waals surface area (Å²) in [5, 5.41) is 4.28. The molecular weight excluding hydrogens is 408 g/mol. The number of ketones is 1. The second kappa shape index (κ2) is 9.93. The Hall–Kier alpha value is -2.61. The van der Waals surface area contributed by atoms with E-state index >= 15 is 0 Å². The summed E-state index contributed by atoms with van der Waals surface area (Å²) in [6, 6.07) is 6.99. The number of hydrogen-bond donors (Lipinski definition) is 1. The maximum atomic E-state index is 13.0. The fourth-order valence-electron chi connectivity index (χ4n) is 3.35.